The third-order valence-corrected chi connectivity index (χ3v) is 2.58. The molecular formula is C10H14BrNO. The smallest absolute Gasteiger partial charge is 0.124 e. The third kappa shape index (κ3) is 2.45. The summed E-state index contributed by atoms with van der Waals surface area (Å²) in [5.74, 6) is 0.932. The largest absolute Gasteiger partial charge is 0.496 e. The highest BCUT2D eigenvalue weighted by Crippen LogP contribution is 2.28. The summed E-state index contributed by atoms with van der Waals surface area (Å²) in [6.45, 7) is 2.86. The van der Waals surface area contributed by atoms with E-state index >= 15 is 0 Å². The van der Waals surface area contributed by atoms with Crippen LogP contribution in [0.5, 0.6) is 5.75 Å². The lowest BCUT2D eigenvalue weighted by Crippen LogP contribution is -2.07. The number of methoxy groups -OCH3 is 1. The molecule has 72 valence electrons. The van der Waals surface area contributed by atoms with E-state index < -0.39 is 0 Å². The highest BCUT2D eigenvalue weighted by atomic mass is 79.9. The number of hydrogen-bond donors (Lipinski definition) is 1. The van der Waals surface area contributed by atoms with Crippen molar-refractivity contribution < 1.29 is 4.74 Å². The van der Waals surface area contributed by atoms with Crippen molar-refractivity contribution in [2.24, 2.45) is 0 Å². The number of halogens is 1. The van der Waals surface area contributed by atoms with Crippen molar-refractivity contribution in [3.05, 3.63) is 27.7 Å². The van der Waals surface area contributed by atoms with Gasteiger partial charge in [0.25, 0.3) is 0 Å². The van der Waals surface area contributed by atoms with E-state index in [1.807, 2.05) is 13.1 Å². The van der Waals surface area contributed by atoms with Crippen molar-refractivity contribution in [2.75, 3.05) is 14.2 Å². The van der Waals surface area contributed by atoms with Crippen LogP contribution in [-0.2, 0) is 6.54 Å². The molecule has 0 amide bonds. The summed E-state index contributed by atoms with van der Waals surface area (Å²) in [4.78, 5) is 0. The predicted octanol–water partition coefficient (Wildman–Crippen LogP) is 2.49. The first-order valence-corrected chi connectivity index (χ1v) is 4.96. The zero-order valence-electron chi connectivity index (χ0n) is 8.15. The van der Waals surface area contributed by atoms with Crippen LogP contribution in [0.4, 0.5) is 0 Å². The Morgan fingerprint density at radius 2 is 2.15 bits per heavy atom. The van der Waals surface area contributed by atoms with Crippen molar-refractivity contribution in [2.45, 2.75) is 13.5 Å². The molecule has 0 bridgehead atoms. The molecule has 13 heavy (non-hydrogen) atoms. The molecule has 0 fully saturated rings. The molecule has 0 saturated heterocycles. The molecule has 1 N–H and O–H groups in total. The van der Waals surface area contributed by atoms with Crippen molar-refractivity contribution >= 4 is 15.9 Å². The minimum Gasteiger partial charge on any atom is -0.496 e. The SMILES string of the molecule is CNCc1c(Br)cc(C)cc1OC. The van der Waals surface area contributed by atoms with Gasteiger partial charge in [0.2, 0.25) is 0 Å². The molecule has 1 aromatic rings. The zero-order chi connectivity index (χ0) is 9.84. The van der Waals surface area contributed by atoms with Crippen LogP contribution < -0.4 is 10.1 Å². The van der Waals surface area contributed by atoms with Crippen LogP contribution in [0, 0.1) is 6.92 Å². The molecule has 0 saturated carbocycles. The highest BCUT2D eigenvalue weighted by Gasteiger charge is 2.06. The maximum absolute atomic E-state index is 5.29. The average Bonchev–Trinajstić information content (AvgIpc) is 2.09. The molecule has 0 atom stereocenters. The lowest BCUT2D eigenvalue weighted by Gasteiger charge is -2.11. The molecule has 1 rings (SSSR count). The summed E-state index contributed by atoms with van der Waals surface area (Å²) >= 11 is 3.52. The first-order valence-electron chi connectivity index (χ1n) is 4.16. The molecule has 1 aromatic carbocycles. The number of benzene rings is 1. The first-order chi connectivity index (χ1) is 6.19. The zero-order valence-corrected chi connectivity index (χ0v) is 9.73. The minimum absolute atomic E-state index is 0.810. The lowest BCUT2D eigenvalue weighted by atomic mass is 10.1. The van der Waals surface area contributed by atoms with Gasteiger partial charge in [0.05, 0.1) is 7.11 Å². The summed E-state index contributed by atoms with van der Waals surface area (Å²) in [6, 6.07) is 4.13. The molecule has 0 aliphatic heterocycles. The van der Waals surface area contributed by atoms with Crippen molar-refractivity contribution in [1.82, 2.24) is 5.32 Å². The Labute approximate surface area is 87.4 Å². The topological polar surface area (TPSA) is 21.3 Å². The second kappa shape index (κ2) is 4.63. The maximum Gasteiger partial charge on any atom is 0.124 e. The summed E-state index contributed by atoms with van der Waals surface area (Å²) in [7, 11) is 3.62. The first kappa shape index (κ1) is 10.5. The van der Waals surface area contributed by atoms with Gasteiger partial charge in [-0.15, -0.1) is 0 Å². The number of aryl methyl sites for hydroxylation is 1. The maximum atomic E-state index is 5.29. The predicted molar refractivity (Wildman–Crippen MR) is 58.2 cm³/mol. The van der Waals surface area contributed by atoms with Crippen molar-refractivity contribution in [3.8, 4) is 5.75 Å². The van der Waals surface area contributed by atoms with Gasteiger partial charge in [0, 0.05) is 16.6 Å². The van der Waals surface area contributed by atoms with Gasteiger partial charge in [0.15, 0.2) is 0 Å². The van der Waals surface area contributed by atoms with Crippen LogP contribution >= 0.6 is 15.9 Å². The molecule has 3 heteroatoms. The van der Waals surface area contributed by atoms with Gasteiger partial charge < -0.3 is 10.1 Å². The highest BCUT2D eigenvalue weighted by molar-refractivity contribution is 9.10. The summed E-state index contributed by atoms with van der Waals surface area (Å²) < 4.78 is 6.39. The lowest BCUT2D eigenvalue weighted by molar-refractivity contribution is 0.407. The van der Waals surface area contributed by atoms with E-state index in [-0.39, 0.29) is 0 Å². The van der Waals surface area contributed by atoms with Gasteiger partial charge in [0.1, 0.15) is 5.75 Å². The van der Waals surface area contributed by atoms with E-state index in [1.54, 1.807) is 7.11 Å². The quantitative estimate of drug-likeness (QED) is 0.881. The van der Waals surface area contributed by atoms with Crippen LogP contribution in [-0.4, -0.2) is 14.2 Å². The molecule has 2 nitrogen and oxygen atoms in total. The molecule has 0 heterocycles. The van der Waals surface area contributed by atoms with Crippen molar-refractivity contribution in [3.63, 3.8) is 0 Å². The normalized spacial score (nSPS) is 10.2. The second-order valence-electron chi connectivity index (χ2n) is 2.96. The minimum atomic E-state index is 0.810. The number of rotatable bonds is 3. The summed E-state index contributed by atoms with van der Waals surface area (Å²) in [5, 5.41) is 3.11. The molecule has 0 radical (unpaired) electrons. The number of nitrogens with one attached hydrogen (secondary N) is 1. The van der Waals surface area contributed by atoms with E-state index in [9.17, 15) is 0 Å². The van der Waals surface area contributed by atoms with Gasteiger partial charge in [-0.1, -0.05) is 15.9 Å². The Bertz CT molecular complexity index is 299. The summed E-state index contributed by atoms with van der Waals surface area (Å²) in [5.41, 5.74) is 2.36. The Balaban J connectivity index is 3.13. The standard InChI is InChI=1S/C10H14BrNO/c1-7-4-9(11)8(6-12-2)10(5-7)13-3/h4-5,12H,6H2,1-3H3. The van der Waals surface area contributed by atoms with Gasteiger partial charge in [-0.05, 0) is 31.7 Å². The van der Waals surface area contributed by atoms with Crippen LogP contribution in [0.15, 0.2) is 16.6 Å². The second-order valence-corrected chi connectivity index (χ2v) is 3.81. The van der Waals surface area contributed by atoms with Gasteiger partial charge in [-0.3, -0.25) is 0 Å². The van der Waals surface area contributed by atoms with Gasteiger partial charge in [-0.25, -0.2) is 0 Å². The van der Waals surface area contributed by atoms with Crippen LogP contribution in [0.25, 0.3) is 0 Å². The fourth-order valence-corrected chi connectivity index (χ4v) is 1.97. The summed E-state index contributed by atoms with van der Waals surface area (Å²) in [6.07, 6.45) is 0. The Morgan fingerprint density at radius 3 is 2.69 bits per heavy atom. The van der Waals surface area contributed by atoms with Crippen LogP contribution in [0.2, 0.25) is 0 Å². The van der Waals surface area contributed by atoms with Gasteiger partial charge >= 0.3 is 0 Å². The fraction of sp³-hybridized carbons (Fsp3) is 0.400. The van der Waals surface area contributed by atoms with E-state index in [0.717, 1.165) is 22.3 Å². The Kier molecular flexibility index (Phi) is 3.75. The van der Waals surface area contributed by atoms with E-state index in [4.69, 9.17) is 4.74 Å². The number of ether oxygens (including phenoxy) is 1. The third-order valence-electron chi connectivity index (χ3n) is 1.87. The van der Waals surface area contributed by atoms with E-state index in [0.29, 0.717) is 0 Å². The monoisotopic (exact) mass is 243 g/mol. The van der Waals surface area contributed by atoms with E-state index in [2.05, 4.69) is 34.2 Å². The molecule has 0 aliphatic carbocycles. The molecule has 0 unspecified atom stereocenters. The Morgan fingerprint density at radius 1 is 1.46 bits per heavy atom. The molecule has 0 aliphatic rings. The average molecular weight is 244 g/mol. The van der Waals surface area contributed by atoms with Gasteiger partial charge in [-0.2, -0.15) is 0 Å². The van der Waals surface area contributed by atoms with Crippen LogP contribution in [0.3, 0.4) is 0 Å². The fourth-order valence-electron chi connectivity index (χ4n) is 1.27. The van der Waals surface area contributed by atoms with E-state index in [1.165, 1.54) is 5.56 Å². The van der Waals surface area contributed by atoms with Crippen molar-refractivity contribution in [1.29, 1.82) is 0 Å². The number of hydrogen-bond acceptors (Lipinski definition) is 2. The molecule has 0 aromatic heterocycles. The Hall–Kier alpha value is -0.540. The molecular weight excluding hydrogens is 230 g/mol. The van der Waals surface area contributed by atoms with Crippen LogP contribution in [0.1, 0.15) is 11.1 Å². The molecule has 0 spiro atoms.